The fourth-order valence-corrected chi connectivity index (χ4v) is 3.40. The fourth-order valence-electron chi connectivity index (χ4n) is 3.15. The summed E-state index contributed by atoms with van der Waals surface area (Å²) in [7, 11) is 1.56. The summed E-state index contributed by atoms with van der Waals surface area (Å²) in [6.45, 7) is 0. The molecule has 3 aromatic rings. The van der Waals surface area contributed by atoms with Crippen LogP contribution in [0.25, 0.3) is 6.08 Å². The van der Waals surface area contributed by atoms with Crippen LogP contribution in [0.1, 0.15) is 5.56 Å². The number of carbonyl (C=O) groups excluding carboxylic acids is 2. The minimum atomic E-state index is -0.444. The molecule has 1 aliphatic heterocycles. The van der Waals surface area contributed by atoms with Gasteiger partial charge in [0, 0.05) is 10.0 Å². The second kappa shape index (κ2) is 8.22. The Morgan fingerprint density at radius 3 is 1.73 bits per heavy atom. The normalized spacial score (nSPS) is 13.8. The van der Waals surface area contributed by atoms with Gasteiger partial charge in [-0.3, -0.25) is 9.59 Å². The number of nitrogens with zero attached hydrogens (tertiary/aromatic N) is 2. The minimum absolute atomic E-state index is 0.0353. The van der Waals surface area contributed by atoms with Gasteiger partial charge in [-0.25, -0.2) is 10.0 Å². The largest absolute Gasteiger partial charge is 0.497 e. The summed E-state index contributed by atoms with van der Waals surface area (Å²) in [4.78, 5) is 26.6. The number of carbonyl (C=O) groups is 2. The molecule has 0 radical (unpaired) electrons. The van der Waals surface area contributed by atoms with E-state index in [0.29, 0.717) is 32.7 Å². The highest BCUT2D eigenvalue weighted by molar-refractivity contribution is 6.38. The Hall–Kier alpha value is -3.28. The maximum Gasteiger partial charge on any atom is 0.283 e. The number of methoxy groups -OCH3 is 1. The molecule has 0 bridgehead atoms. The Kier molecular flexibility index (Phi) is 5.48. The molecule has 0 unspecified atom stereocenters. The lowest BCUT2D eigenvalue weighted by molar-refractivity contribution is -0.116. The maximum atomic E-state index is 13.3. The first-order valence-electron chi connectivity index (χ1n) is 9.03. The number of hydrazine groups is 1. The van der Waals surface area contributed by atoms with Crippen molar-refractivity contribution in [3.05, 3.63) is 94.0 Å². The Labute approximate surface area is 183 Å². The standard InChI is InChI=1S/C23H16Cl2N2O3/c1-30-20-4-2-3-15(13-20)14-21-22(28)26(18-9-5-16(24)6-10-18)27(23(21)29)19-11-7-17(25)8-12-19/h2-14H,1H3. The van der Waals surface area contributed by atoms with Gasteiger partial charge in [0.25, 0.3) is 11.8 Å². The van der Waals surface area contributed by atoms with Crippen molar-refractivity contribution in [2.45, 2.75) is 0 Å². The lowest BCUT2D eigenvalue weighted by atomic mass is 10.1. The fraction of sp³-hybridized carbons (Fsp3) is 0.0435. The first kappa shape index (κ1) is 20.0. The number of hydrogen-bond acceptors (Lipinski definition) is 3. The van der Waals surface area contributed by atoms with Crippen molar-refractivity contribution in [3.63, 3.8) is 0 Å². The topological polar surface area (TPSA) is 49.9 Å². The van der Waals surface area contributed by atoms with Crippen LogP contribution in [-0.4, -0.2) is 18.9 Å². The average molecular weight is 439 g/mol. The smallest absolute Gasteiger partial charge is 0.283 e. The molecule has 1 aliphatic rings. The lowest BCUT2D eigenvalue weighted by Crippen LogP contribution is -2.41. The van der Waals surface area contributed by atoms with Crippen molar-refractivity contribution < 1.29 is 14.3 Å². The van der Waals surface area contributed by atoms with E-state index >= 15 is 0 Å². The van der Waals surface area contributed by atoms with Gasteiger partial charge < -0.3 is 4.74 Å². The molecule has 1 heterocycles. The molecule has 1 saturated heterocycles. The quantitative estimate of drug-likeness (QED) is 0.405. The van der Waals surface area contributed by atoms with Gasteiger partial charge in [-0.2, -0.15) is 0 Å². The third-order valence-electron chi connectivity index (χ3n) is 4.59. The molecule has 7 heteroatoms. The van der Waals surface area contributed by atoms with Gasteiger partial charge >= 0.3 is 0 Å². The van der Waals surface area contributed by atoms with Gasteiger partial charge in [0.1, 0.15) is 11.3 Å². The van der Waals surface area contributed by atoms with Gasteiger partial charge in [0.15, 0.2) is 0 Å². The SMILES string of the molecule is COc1cccc(C=C2C(=O)N(c3ccc(Cl)cc3)N(c3ccc(Cl)cc3)C2=O)c1. The summed E-state index contributed by atoms with van der Waals surface area (Å²) >= 11 is 12.0. The van der Waals surface area contributed by atoms with E-state index in [1.54, 1.807) is 86.0 Å². The molecular formula is C23H16Cl2N2O3. The average Bonchev–Trinajstić information content (AvgIpc) is 3.00. The summed E-state index contributed by atoms with van der Waals surface area (Å²) in [6.07, 6.45) is 1.56. The highest BCUT2D eigenvalue weighted by Crippen LogP contribution is 2.33. The van der Waals surface area contributed by atoms with Gasteiger partial charge in [-0.1, -0.05) is 35.3 Å². The Morgan fingerprint density at radius 2 is 1.27 bits per heavy atom. The number of halogens is 2. The molecule has 150 valence electrons. The molecule has 30 heavy (non-hydrogen) atoms. The van der Waals surface area contributed by atoms with E-state index < -0.39 is 11.8 Å². The van der Waals surface area contributed by atoms with E-state index in [-0.39, 0.29) is 5.57 Å². The molecule has 0 aromatic heterocycles. The van der Waals surface area contributed by atoms with Crippen LogP contribution in [0.5, 0.6) is 5.75 Å². The second-order valence-electron chi connectivity index (χ2n) is 6.52. The van der Waals surface area contributed by atoms with Crippen LogP contribution in [0, 0.1) is 0 Å². The number of hydrogen-bond donors (Lipinski definition) is 0. The molecule has 4 rings (SSSR count). The van der Waals surface area contributed by atoms with E-state index in [4.69, 9.17) is 27.9 Å². The first-order valence-corrected chi connectivity index (χ1v) is 9.79. The van der Waals surface area contributed by atoms with E-state index in [0.717, 1.165) is 0 Å². The predicted octanol–water partition coefficient (Wildman–Crippen LogP) is 5.38. The van der Waals surface area contributed by atoms with Gasteiger partial charge in [-0.05, 0) is 72.3 Å². The van der Waals surface area contributed by atoms with Crippen molar-refractivity contribution in [2.75, 3.05) is 17.1 Å². The molecule has 5 nitrogen and oxygen atoms in total. The Morgan fingerprint density at radius 1 is 0.767 bits per heavy atom. The van der Waals surface area contributed by atoms with Crippen LogP contribution in [-0.2, 0) is 9.59 Å². The van der Waals surface area contributed by atoms with Crippen molar-refractivity contribution in [1.29, 1.82) is 0 Å². The van der Waals surface area contributed by atoms with Crippen LogP contribution in [0.2, 0.25) is 10.0 Å². The zero-order valence-corrected chi connectivity index (χ0v) is 17.4. The van der Waals surface area contributed by atoms with Crippen molar-refractivity contribution in [1.82, 2.24) is 0 Å². The summed E-state index contributed by atoms with van der Waals surface area (Å²) < 4.78 is 5.23. The third-order valence-corrected chi connectivity index (χ3v) is 5.10. The summed E-state index contributed by atoms with van der Waals surface area (Å²) in [6, 6.07) is 20.5. The molecule has 0 atom stereocenters. The zero-order chi connectivity index (χ0) is 21.3. The zero-order valence-electron chi connectivity index (χ0n) is 15.9. The predicted molar refractivity (Wildman–Crippen MR) is 119 cm³/mol. The second-order valence-corrected chi connectivity index (χ2v) is 7.39. The number of anilines is 2. The Bertz CT molecular complexity index is 1080. The van der Waals surface area contributed by atoms with E-state index in [1.807, 2.05) is 0 Å². The van der Waals surface area contributed by atoms with Gasteiger partial charge in [-0.15, -0.1) is 0 Å². The molecular weight excluding hydrogens is 423 g/mol. The highest BCUT2D eigenvalue weighted by atomic mass is 35.5. The number of amides is 2. The summed E-state index contributed by atoms with van der Waals surface area (Å²) in [5, 5.41) is 3.71. The highest BCUT2D eigenvalue weighted by Gasteiger charge is 2.42. The van der Waals surface area contributed by atoms with Crippen LogP contribution < -0.4 is 14.8 Å². The number of ether oxygens (including phenoxy) is 1. The molecule has 0 saturated carbocycles. The lowest BCUT2D eigenvalue weighted by Gasteiger charge is -2.27. The van der Waals surface area contributed by atoms with Gasteiger partial charge in [0.2, 0.25) is 0 Å². The molecule has 0 N–H and O–H groups in total. The Balaban J connectivity index is 1.83. The molecule has 0 aliphatic carbocycles. The molecule has 2 amide bonds. The van der Waals surface area contributed by atoms with Crippen molar-refractivity contribution in [3.8, 4) is 5.75 Å². The molecule has 3 aromatic carbocycles. The van der Waals surface area contributed by atoms with E-state index in [2.05, 4.69) is 0 Å². The summed E-state index contributed by atoms with van der Waals surface area (Å²) in [5.74, 6) is -0.258. The molecule has 0 spiro atoms. The van der Waals surface area contributed by atoms with Crippen LogP contribution in [0.3, 0.4) is 0 Å². The summed E-state index contributed by atoms with van der Waals surface area (Å²) in [5.41, 5.74) is 1.75. The van der Waals surface area contributed by atoms with Crippen molar-refractivity contribution in [2.24, 2.45) is 0 Å². The van der Waals surface area contributed by atoms with E-state index in [9.17, 15) is 9.59 Å². The van der Waals surface area contributed by atoms with Gasteiger partial charge in [0.05, 0.1) is 18.5 Å². The number of benzene rings is 3. The first-order chi connectivity index (χ1) is 14.5. The third kappa shape index (κ3) is 3.77. The van der Waals surface area contributed by atoms with Crippen LogP contribution in [0.15, 0.2) is 78.4 Å². The van der Waals surface area contributed by atoms with Crippen LogP contribution >= 0.6 is 23.2 Å². The van der Waals surface area contributed by atoms with Crippen LogP contribution in [0.4, 0.5) is 11.4 Å². The monoisotopic (exact) mass is 438 g/mol. The van der Waals surface area contributed by atoms with E-state index in [1.165, 1.54) is 10.0 Å². The maximum absolute atomic E-state index is 13.3. The molecule has 1 fully saturated rings. The number of rotatable bonds is 4. The van der Waals surface area contributed by atoms with Crippen molar-refractivity contribution >= 4 is 52.5 Å². The minimum Gasteiger partial charge on any atom is -0.497 e.